The van der Waals surface area contributed by atoms with Gasteiger partial charge in [0.15, 0.2) is 5.78 Å². The van der Waals surface area contributed by atoms with E-state index in [0.29, 0.717) is 11.3 Å². The number of hydrogen-bond donors (Lipinski definition) is 0. The van der Waals surface area contributed by atoms with Crippen molar-refractivity contribution in [1.82, 2.24) is 9.88 Å². The molecule has 24 heavy (non-hydrogen) atoms. The van der Waals surface area contributed by atoms with Gasteiger partial charge >= 0.3 is 0 Å². The van der Waals surface area contributed by atoms with Gasteiger partial charge in [0.1, 0.15) is 6.04 Å². The molecule has 1 aromatic rings. The average molecular weight is 336 g/mol. The van der Waals surface area contributed by atoms with E-state index >= 15 is 0 Å². The lowest BCUT2D eigenvalue weighted by Crippen LogP contribution is -2.36. The minimum absolute atomic E-state index is 0.107. The highest BCUT2D eigenvalue weighted by Crippen LogP contribution is 2.32. The number of pyridine rings is 1. The summed E-state index contributed by atoms with van der Waals surface area (Å²) in [5, 5.41) is 8.91. The summed E-state index contributed by atoms with van der Waals surface area (Å²) < 4.78 is 26.7. The van der Waals surface area contributed by atoms with Crippen LogP contribution in [-0.2, 0) is 4.79 Å². The summed E-state index contributed by atoms with van der Waals surface area (Å²) in [5.41, 5.74) is 1.05. The van der Waals surface area contributed by atoms with Crippen molar-refractivity contribution in [1.29, 1.82) is 5.26 Å². The van der Waals surface area contributed by atoms with Gasteiger partial charge in [0.25, 0.3) is 5.92 Å². The number of hydrogen-bond acceptors (Lipinski definition) is 5. The number of amides is 1. The van der Waals surface area contributed by atoms with E-state index in [-0.39, 0.29) is 18.6 Å². The van der Waals surface area contributed by atoms with Crippen LogP contribution in [0, 0.1) is 11.3 Å². The highest BCUT2D eigenvalue weighted by molar-refractivity contribution is 6.02. The molecule has 1 saturated heterocycles. The predicted molar refractivity (Wildman–Crippen MR) is 82.8 cm³/mol. The van der Waals surface area contributed by atoms with Gasteiger partial charge in [0.05, 0.1) is 24.5 Å². The molecule has 2 rings (SSSR count). The summed E-state index contributed by atoms with van der Waals surface area (Å²) in [4.78, 5) is 31.0. The second-order valence-electron chi connectivity index (χ2n) is 5.94. The van der Waals surface area contributed by atoms with E-state index in [9.17, 15) is 18.4 Å². The predicted octanol–water partition coefficient (Wildman–Crippen LogP) is 1.87. The van der Waals surface area contributed by atoms with Gasteiger partial charge in [-0.1, -0.05) is 0 Å². The Bertz CT molecular complexity index is 685. The number of carbonyl (C=O) groups is 2. The molecule has 1 aliphatic heterocycles. The Morgan fingerprint density at radius 1 is 1.46 bits per heavy atom. The van der Waals surface area contributed by atoms with E-state index in [1.807, 2.05) is 0 Å². The molecule has 0 aliphatic carbocycles. The van der Waals surface area contributed by atoms with Crippen LogP contribution in [0.3, 0.4) is 0 Å². The molecule has 0 unspecified atom stereocenters. The van der Waals surface area contributed by atoms with Crippen LogP contribution in [0.25, 0.3) is 0 Å². The lowest BCUT2D eigenvalue weighted by atomic mass is 10.1. The number of aromatic nitrogens is 1. The van der Waals surface area contributed by atoms with Crippen molar-refractivity contribution in [2.75, 3.05) is 25.5 Å². The van der Waals surface area contributed by atoms with Crippen LogP contribution >= 0.6 is 0 Å². The lowest BCUT2D eigenvalue weighted by Gasteiger charge is -2.19. The Hall–Kier alpha value is -2.56. The van der Waals surface area contributed by atoms with Crippen molar-refractivity contribution >= 4 is 17.4 Å². The molecule has 0 aromatic carbocycles. The third-order valence-corrected chi connectivity index (χ3v) is 3.89. The fourth-order valence-electron chi connectivity index (χ4n) is 2.67. The van der Waals surface area contributed by atoms with Crippen LogP contribution in [0.1, 0.15) is 29.6 Å². The molecule has 1 atom stereocenters. The number of rotatable bonds is 5. The molecule has 1 fully saturated rings. The second-order valence-corrected chi connectivity index (χ2v) is 5.94. The van der Waals surface area contributed by atoms with Crippen molar-refractivity contribution in [3.05, 3.63) is 24.0 Å². The van der Waals surface area contributed by atoms with Crippen molar-refractivity contribution in [2.45, 2.75) is 31.2 Å². The standard InChI is InChI=1S/C16H18F2N4O2/c1-21(2)13-9-20-6-5-12(13)14(23)3-4-15(24)22-10-16(17,18)7-11(22)8-19/h5-6,9,11H,3-4,7,10H2,1-2H3/t11-/m0/s1. The van der Waals surface area contributed by atoms with Gasteiger partial charge in [-0.15, -0.1) is 0 Å². The van der Waals surface area contributed by atoms with E-state index in [1.165, 1.54) is 6.20 Å². The van der Waals surface area contributed by atoms with E-state index in [1.54, 1.807) is 37.3 Å². The van der Waals surface area contributed by atoms with E-state index in [4.69, 9.17) is 5.26 Å². The van der Waals surface area contributed by atoms with Crippen LogP contribution in [0.5, 0.6) is 0 Å². The van der Waals surface area contributed by atoms with Crippen LogP contribution < -0.4 is 4.90 Å². The molecule has 0 saturated carbocycles. The van der Waals surface area contributed by atoms with Gasteiger partial charge in [0, 0.05) is 45.1 Å². The van der Waals surface area contributed by atoms with Gasteiger partial charge in [-0.3, -0.25) is 14.6 Å². The number of nitriles is 1. The van der Waals surface area contributed by atoms with Gasteiger partial charge in [-0.25, -0.2) is 8.78 Å². The van der Waals surface area contributed by atoms with Gasteiger partial charge in [0.2, 0.25) is 5.91 Å². The topological polar surface area (TPSA) is 77.3 Å². The first-order valence-electron chi connectivity index (χ1n) is 7.46. The molecule has 0 bridgehead atoms. The molecule has 2 heterocycles. The maximum absolute atomic E-state index is 13.4. The smallest absolute Gasteiger partial charge is 0.268 e. The molecule has 8 heteroatoms. The Labute approximate surface area is 138 Å². The number of ketones is 1. The number of carbonyl (C=O) groups excluding carboxylic acids is 2. The number of halogens is 2. The molecule has 1 aromatic heterocycles. The summed E-state index contributed by atoms with van der Waals surface area (Å²) in [6, 6.07) is 2.14. The third-order valence-electron chi connectivity index (χ3n) is 3.89. The second kappa shape index (κ2) is 6.91. The number of nitrogens with zero attached hydrogens (tertiary/aromatic N) is 4. The Kier molecular flexibility index (Phi) is 5.12. The monoisotopic (exact) mass is 336 g/mol. The molecule has 0 spiro atoms. The Morgan fingerprint density at radius 2 is 2.17 bits per heavy atom. The Morgan fingerprint density at radius 3 is 2.79 bits per heavy atom. The zero-order chi connectivity index (χ0) is 17.9. The van der Waals surface area contributed by atoms with Crippen LogP contribution in [0.4, 0.5) is 14.5 Å². The number of alkyl halides is 2. The molecule has 0 N–H and O–H groups in total. The summed E-state index contributed by atoms with van der Waals surface area (Å²) in [7, 11) is 3.53. The van der Waals surface area contributed by atoms with Crippen LogP contribution in [-0.4, -0.2) is 54.2 Å². The minimum atomic E-state index is -3.05. The van der Waals surface area contributed by atoms with Gasteiger partial charge in [-0.2, -0.15) is 5.26 Å². The fraction of sp³-hybridized carbons (Fsp3) is 0.500. The molecular formula is C16H18F2N4O2. The largest absolute Gasteiger partial charge is 0.376 e. The van der Waals surface area contributed by atoms with Crippen molar-refractivity contribution in [3.63, 3.8) is 0 Å². The normalized spacial score (nSPS) is 19.0. The molecule has 1 amide bonds. The van der Waals surface area contributed by atoms with E-state index in [2.05, 4.69) is 4.98 Å². The van der Waals surface area contributed by atoms with E-state index in [0.717, 1.165) is 4.90 Å². The first-order chi connectivity index (χ1) is 11.2. The highest BCUT2D eigenvalue weighted by atomic mass is 19.3. The maximum Gasteiger partial charge on any atom is 0.268 e. The van der Waals surface area contributed by atoms with Gasteiger partial charge in [-0.05, 0) is 6.07 Å². The molecular weight excluding hydrogens is 318 g/mol. The molecule has 6 nitrogen and oxygen atoms in total. The zero-order valence-corrected chi connectivity index (χ0v) is 13.5. The highest BCUT2D eigenvalue weighted by Gasteiger charge is 2.47. The summed E-state index contributed by atoms with van der Waals surface area (Å²) in [5.74, 6) is -3.93. The quantitative estimate of drug-likeness (QED) is 0.767. The SMILES string of the molecule is CN(C)c1cnccc1C(=O)CCC(=O)N1CC(F)(F)C[C@H]1C#N. The Balaban J connectivity index is 2.02. The van der Waals surface area contributed by atoms with Crippen molar-refractivity contribution in [2.24, 2.45) is 0 Å². The number of likely N-dealkylation sites (tertiary alicyclic amines) is 1. The molecule has 128 valence electrons. The van der Waals surface area contributed by atoms with Crippen molar-refractivity contribution in [3.8, 4) is 6.07 Å². The molecule has 0 radical (unpaired) electrons. The summed E-state index contributed by atoms with van der Waals surface area (Å²) >= 11 is 0. The zero-order valence-electron chi connectivity index (χ0n) is 13.5. The minimum Gasteiger partial charge on any atom is -0.376 e. The average Bonchev–Trinajstić information content (AvgIpc) is 2.87. The van der Waals surface area contributed by atoms with Crippen molar-refractivity contribution < 1.29 is 18.4 Å². The first kappa shape index (κ1) is 17.8. The number of Topliss-reactive ketones (excluding diaryl/α,β-unsaturated/α-hetero) is 1. The third kappa shape index (κ3) is 3.85. The number of anilines is 1. The molecule has 1 aliphatic rings. The van der Waals surface area contributed by atoms with E-state index < -0.39 is 30.8 Å². The summed E-state index contributed by atoms with van der Waals surface area (Å²) in [6.45, 7) is -0.767. The maximum atomic E-state index is 13.4. The van der Waals surface area contributed by atoms with Crippen LogP contribution in [0.15, 0.2) is 18.5 Å². The van der Waals surface area contributed by atoms with Crippen LogP contribution in [0.2, 0.25) is 0 Å². The fourth-order valence-corrected chi connectivity index (χ4v) is 2.67. The first-order valence-corrected chi connectivity index (χ1v) is 7.46. The lowest BCUT2D eigenvalue weighted by molar-refractivity contribution is -0.132. The summed E-state index contributed by atoms with van der Waals surface area (Å²) in [6.07, 6.45) is 2.06. The van der Waals surface area contributed by atoms with Gasteiger partial charge < -0.3 is 9.80 Å².